The van der Waals surface area contributed by atoms with Crippen LogP contribution in [0, 0.1) is 0 Å². The summed E-state index contributed by atoms with van der Waals surface area (Å²) >= 11 is 0. The van der Waals surface area contributed by atoms with Gasteiger partial charge in [0, 0.05) is 24.6 Å². The van der Waals surface area contributed by atoms with Crippen molar-refractivity contribution in [3.63, 3.8) is 0 Å². The largest absolute Gasteiger partial charge is 0.495 e. The zero-order valence-corrected chi connectivity index (χ0v) is 15.9. The molecule has 0 unspecified atom stereocenters. The Hall–Kier alpha value is -3.39. The summed E-state index contributed by atoms with van der Waals surface area (Å²) in [6.07, 6.45) is 3.32. The lowest BCUT2D eigenvalue weighted by atomic mass is 10.3. The van der Waals surface area contributed by atoms with Crippen LogP contribution < -0.4 is 15.4 Å². The number of benzene rings is 2. The molecular formula is C20H19N3O4S. The first-order valence-corrected chi connectivity index (χ1v) is 9.91. The fourth-order valence-electron chi connectivity index (χ4n) is 2.55. The van der Waals surface area contributed by atoms with Gasteiger partial charge in [0.15, 0.2) is 0 Å². The van der Waals surface area contributed by atoms with E-state index >= 15 is 0 Å². The Morgan fingerprint density at radius 2 is 1.79 bits per heavy atom. The van der Waals surface area contributed by atoms with Gasteiger partial charge in [-0.25, -0.2) is 13.2 Å². The Labute approximate surface area is 163 Å². The molecule has 28 heavy (non-hydrogen) atoms. The lowest BCUT2D eigenvalue weighted by molar-refractivity contribution is 0.251. The number of hydrogen-bond donors (Lipinski definition) is 2. The molecule has 2 N–H and O–H groups in total. The van der Waals surface area contributed by atoms with E-state index in [1.54, 1.807) is 36.7 Å². The Morgan fingerprint density at radius 1 is 1.04 bits per heavy atom. The van der Waals surface area contributed by atoms with Crippen molar-refractivity contribution in [3.05, 3.63) is 78.6 Å². The normalized spacial score (nSPS) is 10.9. The van der Waals surface area contributed by atoms with Crippen molar-refractivity contribution in [1.82, 2.24) is 10.3 Å². The number of para-hydroxylation sites is 1. The fourth-order valence-corrected chi connectivity index (χ4v) is 3.97. The molecule has 0 atom stereocenters. The zero-order chi connectivity index (χ0) is 20.0. The average Bonchev–Trinajstić information content (AvgIpc) is 2.73. The molecule has 1 heterocycles. The molecule has 0 saturated carbocycles. The maximum absolute atomic E-state index is 12.8. The standard InChI is InChI=1S/C20H19N3O4S/c1-27-18-6-2-3-7-19(18)28(25,26)17-10-8-16(9-11-17)23-20(24)22-14-15-5-4-12-21-13-15/h2-13H,14H2,1H3,(H2,22,23,24). The SMILES string of the molecule is COc1ccccc1S(=O)(=O)c1ccc(NC(=O)NCc2cccnc2)cc1. The Kier molecular flexibility index (Phi) is 5.90. The predicted molar refractivity (Wildman–Crippen MR) is 105 cm³/mol. The van der Waals surface area contributed by atoms with Gasteiger partial charge in [-0.2, -0.15) is 0 Å². The third-order valence-corrected chi connectivity index (χ3v) is 5.77. The van der Waals surface area contributed by atoms with Crippen molar-refractivity contribution >= 4 is 21.6 Å². The highest BCUT2D eigenvalue weighted by Gasteiger charge is 2.21. The van der Waals surface area contributed by atoms with Gasteiger partial charge in [0.25, 0.3) is 0 Å². The van der Waals surface area contributed by atoms with E-state index in [0.29, 0.717) is 12.2 Å². The monoisotopic (exact) mass is 397 g/mol. The van der Waals surface area contributed by atoms with E-state index in [9.17, 15) is 13.2 Å². The minimum Gasteiger partial charge on any atom is -0.495 e. The molecule has 0 radical (unpaired) electrons. The van der Waals surface area contributed by atoms with Gasteiger partial charge in [-0.1, -0.05) is 18.2 Å². The number of nitrogens with one attached hydrogen (secondary N) is 2. The summed E-state index contributed by atoms with van der Waals surface area (Å²) in [5.74, 6) is 0.277. The highest BCUT2D eigenvalue weighted by Crippen LogP contribution is 2.29. The second kappa shape index (κ2) is 8.53. The van der Waals surface area contributed by atoms with E-state index < -0.39 is 15.9 Å². The van der Waals surface area contributed by atoms with E-state index in [1.165, 1.54) is 37.4 Å². The quantitative estimate of drug-likeness (QED) is 0.665. The second-order valence-electron chi connectivity index (χ2n) is 5.85. The summed E-state index contributed by atoms with van der Waals surface area (Å²) < 4.78 is 30.8. The Balaban J connectivity index is 1.68. The number of methoxy groups -OCH3 is 1. The van der Waals surface area contributed by atoms with Crippen molar-refractivity contribution in [2.24, 2.45) is 0 Å². The molecule has 7 nitrogen and oxygen atoms in total. The molecular weight excluding hydrogens is 378 g/mol. The minimum atomic E-state index is -3.73. The molecule has 8 heteroatoms. The molecule has 144 valence electrons. The molecule has 0 bridgehead atoms. The fraction of sp³-hybridized carbons (Fsp3) is 0.100. The van der Waals surface area contributed by atoms with Gasteiger partial charge in [-0.05, 0) is 48.0 Å². The summed E-state index contributed by atoms with van der Waals surface area (Å²) in [7, 11) is -2.31. The summed E-state index contributed by atoms with van der Waals surface area (Å²) in [6, 6.07) is 15.6. The van der Waals surface area contributed by atoms with E-state index in [-0.39, 0.29) is 15.5 Å². The number of pyridine rings is 1. The van der Waals surface area contributed by atoms with Crippen LogP contribution in [0.1, 0.15) is 5.56 Å². The van der Waals surface area contributed by atoms with Crippen LogP contribution in [0.5, 0.6) is 5.75 Å². The number of sulfone groups is 1. The van der Waals surface area contributed by atoms with Crippen LogP contribution in [-0.4, -0.2) is 26.5 Å². The smallest absolute Gasteiger partial charge is 0.319 e. The number of anilines is 1. The number of amides is 2. The highest BCUT2D eigenvalue weighted by molar-refractivity contribution is 7.91. The summed E-state index contributed by atoms with van der Waals surface area (Å²) in [5.41, 5.74) is 1.35. The van der Waals surface area contributed by atoms with Crippen LogP contribution >= 0.6 is 0 Å². The molecule has 1 aromatic heterocycles. The van der Waals surface area contributed by atoms with Gasteiger partial charge in [-0.15, -0.1) is 0 Å². The molecule has 0 aliphatic rings. The third kappa shape index (κ3) is 4.47. The van der Waals surface area contributed by atoms with Crippen molar-refractivity contribution < 1.29 is 17.9 Å². The van der Waals surface area contributed by atoms with E-state index in [0.717, 1.165) is 5.56 Å². The second-order valence-corrected chi connectivity index (χ2v) is 7.77. The van der Waals surface area contributed by atoms with E-state index in [4.69, 9.17) is 4.74 Å². The van der Waals surface area contributed by atoms with E-state index in [1.807, 2.05) is 6.07 Å². The molecule has 0 fully saturated rings. The first-order valence-electron chi connectivity index (χ1n) is 8.42. The van der Waals surface area contributed by atoms with Gasteiger partial charge in [0.05, 0.1) is 12.0 Å². The predicted octanol–water partition coefficient (Wildman–Crippen LogP) is 3.24. The minimum absolute atomic E-state index is 0.0902. The highest BCUT2D eigenvalue weighted by atomic mass is 32.2. The molecule has 0 aliphatic carbocycles. The molecule has 0 aliphatic heterocycles. The van der Waals surface area contributed by atoms with Gasteiger partial charge < -0.3 is 15.4 Å². The molecule has 2 aromatic carbocycles. The zero-order valence-electron chi connectivity index (χ0n) is 15.1. The number of carbonyl (C=O) groups is 1. The maximum Gasteiger partial charge on any atom is 0.319 e. The van der Waals surface area contributed by atoms with Crippen LogP contribution in [-0.2, 0) is 16.4 Å². The number of ether oxygens (including phenoxy) is 1. The molecule has 0 spiro atoms. The van der Waals surface area contributed by atoms with Gasteiger partial charge in [-0.3, -0.25) is 4.98 Å². The molecule has 2 amide bonds. The number of nitrogens with zero attached hydrogens (tertiary/aromatic N) is 1. The lowest BCUT2D eigenvalue weighted by Crippen LogP contribution is -2.28. The van der Waals surface area contributed by atoms with Crippen LogP contribution in [0.4, 0.5) is 10.5 Å². The molecule has 3 rings (SSSR count). The number of aromatic nitrogens is 1. The van der Waals surface area contributed by atoms with Crippen LogP contribution in [0.15, 0.2) is 82.8 Å². The van der Waals surface area contributed by atoms with Crippen molar-refractivity contribution in [3.8, 4) is 5.75 Å². The van der Waals surface area contributed by atoms with Crippen molar-refractivity contribution in [2.45, 2.75) is 16.3 Å². The third-order valence-electron chi connectivity index (χ3n) is 3.96. The number of urea groups is 1. The number of carbonyl (C=O) groups excluding carboxylic acids is 1. The van der Waals surface area contributed by atoms with Gasteiger partial charge in [0.1, 0.15) is 10.6 Å². The summed E-state index contributed by atoms with van der Waals surface area (Å²) in [6.45, 7) is 0.333. The average molecular weight is 397 g/mol. The number of rotatable bonds is 6. The van der Waals surface area contributed by atoms with Crippen LogP contribution in [0.3, 0.4) is 0 Å². The first-order chi connectivity index (χ1) is 13.5. The van der Waals surface area contributed by atoms with Crippen molar-refractivity contribution in [1.29, 1.82) is 0 Å². The first kappa shape index (κ1) is 19.4. The Morgan fingerprint density at radius 3 is 2.46 bits per heavy atom. The maximum atomic E-state index is 12.8. The number of hydrogen-bond acceptors (Lipinski definition) is 5. The topological polar surface area (TPSA) is 97.4 Å². The van der Waals surface area contributed by atoms with Crippen LogP contribution in [0.2, 0.25) is 0 Å². The van der Waals surface area contributed by atoms with Gasteiger partial charge >= 0.3 is 6.03 Å². The van der Waals surface area contributed by atoms with Crippen LogP contribution in [0.25, 0.3) is 0 Å². The molecule has 0 saturated heterocycles. The summed E-state index contributed by atoms with van der Waals surface area (Å²) in [4.78, 5) is 16.2. The van der Waals surface area contributed by atoms with E-state index in [2.05, 4.69) is 15.6 Å². The molecule has 3 aromatic rings. The Bertz CT molecular complexity index is 1050. The van der Waals surface area contributed by atoms with Gasteiger partial charge in [0.2, 0.25) is 9.84 Å². The lowest BCUT2D eigenvalue weighted by Gasteiger charge is -2.11. The summed E-state index contributed by atoms with van der Waals surface area (Å²) in [5, 5.41) is 5.37. The van der Waals surface area contributed by atoms with Crippen molar-refractivity contribution in [2.75, 3.05) is 12.4 Å².